The van der Waals surface area contributed by atoms with E-state index in [4.69, 9.17) is 21.1 Å². The van der Waals surface area contributed by atoms with Gasteiger partial charge in [0.1, 0.15) is 22.3 Å². The van der Waals surface area contributed by atoms with Crippen LogP contribution in [0.5, 0.6) is 5.75 Å². The summed E-state index contributed by atoms with van der Waals surface area (Å²) in [5.41, 5.74) is -1.53. The Morgan fingerprint density at radius 1 is 1.12 bits per heavy atom. The van der Waals surface area contributed by atoms with Crippen LogP contribution in [-0.2, 0) is 26.3 Å². The predicted molar refractivity (Wildman–Crippen MR) is 157 cm³/mol. The Hall–Kier alpha value is -3.24. The Balaban J connectivity index is 2.04. The molecule has 0 bridgehead atoms. The number of carbonyl (C=O) groups is 3. The quantitative estimate of drug-likeness (QED) is 0.263. The molecule has 3 heterocycles. The molecule has 3 unspecified atom stereocenters. The lowest BCUT2D eigenvalue weighted by atomic mass is 9.75. The third-order valence-corrected chi connectivity index (χ3v) is 8.80. The highest BCUT2D eigenvalue weighted by Gasteiger charge is 2.69. The lowest BCUT2D eigenvalue weighted by Gasteiger charge is -2.42. The number of halogens is 1. The second-order valence-corrected chi connectivity index (χ2v) is 14.1. The summed E-state index contributed by atoms with van der Waals surface area (Å²) in [7, 11) is 2.80. The molecule has 1 aliphatic heterocycles. The van der Waals surface area contributed by atoms with E-state index in [1.807, 2.05) is 6.07 Å². The monoisotopic (exact) mass is 600 g/mol. The van der Waals surface area contributed by atoms with Crippen molar-refractivity contribution in [2.24, 2.45) is 5.41 Å². The fraction of sp³-hybridized carbons (Fsp3) is 0.500. The summed E-state index contributed by atoms with van der Waals surface area (Å²) in [5, 5.41) is 6.52. The maximum Gasteiger partial charge on any atom is 0.329 e. The minimum absolute atomic E-state index is 0.0214. The number of rotatable bonds is 7. The lowest BCUT2D eigenvalue weighted by Crippen LogP contribution is -2.59. The first kappa shape index (κ1) is 30.7. The van der Waals surface area contributed by atoms with E-state index in [1.165, 1.54) is 23.3 Å². The van der Waals surface area contributed by atoms with Crippen LogP contribution < -0.4 is 4.74 Å². The summed E-state index contributed by atoms with van der Waals surface area (Å²) in [4.78, 5) is 47.0. The van der Waals surface area contributed by atoms with Crippen LogP contribution >= 0.6 is 22.9 Å². The van der Waals surface area contributed by atoms with Gasteiger partial charge in [-0.05, 0) is 29.2 Å². The molecule has 1 aliphatic rings. The Labute approximate surface area is 249 Å². The van der Waals surface area contributed by atoms with Crippen LogP contribution in [0.1, 0.15) is 74.9 Å². The number of ether oxygens (including phenoxy) is 2. The summed E-state index contributed by atoms with van der Waals surface area (Å²) in [6.07, 6.45) is 4.69. The first-order valence-electron chi connectivity index (χ1n) is 13.3. The molecule has 41 heavy (non-hydrogen) atoms. The van der Waals surface area contributed by atoms with E-state index < -0.39 is 33.7 Å². The molecule has 3 aromatic rings. The SMILES string of the molecule is COC(=O)C1(Cl)CC(Cn2cccn2)(C(=O)C(C)(C)C)N(C(=O)c2ccc(C(C)(C)C)c(OC)c2)C1c1nccs1. The number of nitrogens with zero attached hydrogens (tertiary/aromatic N) is 4. The van der Waals surface area contributed by atoms with Gasteiger partial charge >= 0.3 is 5.97 Å². The summed E-state index contributed by atoms with van der Waals surface area (Å²) in [6.45, 7) is 11.5. The molecule has 0 aliphatic carbocycles. The summed E-state index contributed by atoms with van der Waals surface area (Å²) in [5.74, 6) is -0.958. The zero-order chi connectivity index (χ0) is 30.4. The fourth-order valence-corrected chi connectivity index (χ4v) is 7.12. The highest BCUT2D eigenvalue weighted by molar-refractivity contribution is 7.09. The van der Waals surface area contributed by atoms with Crippen molar-refractivity contribution in [3.63, 3.8) is 0 Å². The lowest BCUT2D eigenvalue weighted by molar-refractivity contribution is -0.144. The van der Waals surface area contributed by atoms with E-state index in [0.29, 0.717) is 10.8 Å². The van der Waals surface area contributed by atoms with Crippen LogP contribution in [0.15, 0.2) is 48.2 Å². The molecule has 2 aromatic heterocycles. The maximum absolute atomic E-state index is 14.8. The van der Waals surface area contributed by atoms with E-state index in [0.717, 1.165) is 5.56 Å². The van der Waals surface area contributed by atoms with Gasteiger partial charge in [-0.2, -0.15) is 5.10 Å². The first-order valence-corrected chi connectivity index (χ1v) is 14.6. The average molecular weight is 601 g/mol. The van der Waals surface area contributed by atoms with Crippen molar-refractivity contribution in [2.45, 2.75) is 76.4 Å². The van der Waals surface area contributed by atoms with E-state index in [2.05, 4.69) is 30.9 Å². The third kappa shape index (κ3) is 5.39. The number of methoxy groups -OCH3 is 2. The number of amides is 1. The van der Waals surface area contributed by atoms with E-state index >= 15 is 0 Å². The smallest absolute Gasteiger partial charge is 0.329 e. The Morgan fingerprint density at radius 2 is 1.83 bits per heavy atom. The van der Waals surface area contributed by atoms with Crippen molar-refractivity contribution in [1.82, 2.24) is 19.7 Å². The topological polar surface area (TPSA) is 104 Å². The minimum Gasteiger partial charge on any atom is -0.496 e. The van der Waals surface area contributed by atoms with Crippen LogP contribution in [0.3, 0.4) is 0 Å². The number of thiazole rings is 1. The van der Waals surface area contributed by atoms with Gasteiger partial charge in [-0.1, -0.05) is 47.6 Å². The number of ketones is 1. The number of hydrogen-bond donors (Lipinski definition) is 0. The number of alkyl halides is 1. The Kier molecular flexibility index (Phi) is 8.14. The molecule has 220 valence electrons. The maximum atomic E-state index is 14.8. The highest BCUT2D eigenvalue weighted by atomic mass is 35.5. The van der Waals surface area contributed by atoms with Gasteiger partial charge in [0.25, 0.3) is 5.91 Å². The summed E-state index contributed by atoms with van der Waals surface area (Å²) < 4.78 is 12.5. The van der Waals surface area contributed by atoms with Gasteiger partial charge in [0.05, 0.1) is 20.8 Å². The van der Waals surface area contributed by atoms with E-state index in [9.17, 15) is 14.4 Å². The average Bonchev–Trinajstić information content (AvgIpc) is 3.67. The van der Waals surface area contributed by atoms with Crippen molar-refractivity contribution in [3.05, 3.63) is 64.4 Å². The van der Waals surface area contributed by atoms with Crippen molar-refractivity contribution in [1.29, 1.82) is 0 Å². The molecule has 1 saturated heterocycles. The number of benzene rings is 1. The fourth-order valence-electron chi connectivity index (χ4n) is 5.74. The van der Waals surface area contributed by atoms with Crippen LogP contribution in [0.25, 0.3) is 0 Å². The van der Waals surface area contributed by atoms with Gasteiger partial charge in [0, 0.05) is 41.4 Å². The molecule has 11 heteroatoms. The molecule has 0 saturated carbocycles. The number of carbonyl (C=O) groups excluding carboxylic acids is 3. The Bertz CT molecular complexity index is 1430. The number of esters is 1. The van der Waals surface area contributed by atoms with Crippen LogP contribution in [0.4, 0.5) is 0 Å². The van der Waals surface area contributed by atoms with Gasteiger partial charge in [-0.3, -0.25) is 19.1 Å². The Morgan fingerprint density at radius 3 is 2.34 bits per heavy atom. The predicted octanol–water partition coefficient (Wildman–Crippen LogP) is 5.44. The van der Waals surface area contributed by atoms with Crippen molar-refractivity contribution >= 4 is 40.6 Å². The standard InChI is InChI=1S/C30H37ClN4O5S/c1-27(2,3)20-11-10-19(16-21(20)39-7)24(36)35-22(23-32-13-15-41-23)30(31,26(38)40-8)17-29(35,25(37)28(4,5)6)18-34-14-9-12-33-34/h9-16,22H,17-18H2,1-8H3. The molecule has 3 atom stereocenters. The van der Waals surface area contributed by atoms with E-state index in [1.54, 1.807) is 74.7 Å². The molecule has 4 rings (SSSR count). The zero-order valence-electron chi connectivity index (χ0n) is 24.7. The van der Waals surface area contributed by atoms with Crippen molar-refractivity contribution in [2.75, 3.05) is 14.2 Å². The van der Waals surface area contributed by atoms with Gasteiger partial charge in [-0.25, -0.2) is 4.98 Å². The molecule has 9 nitrogen and oxygen atoms in total. The summed E-state index contributed by atoms with van der Waals surface area (Å²) >= 11 is 8.51. The van der Waals surface area contributed by atoms with Crippen LogP contribution in [0.2, 0.25) is 0 Å². The van der Waals surface area contributed by atoms with Crippen molar-refractivity contribution < 1.29 is 23.9 Å². The molecular formula is C30H37ClN4O5S. The number of Topliss-reactive ketones (excluding diaryl/α,β-unsaturated/α-hetero) is 1. The molecule has 1 amide bonds. The normalized spacial score (nSPS) is 23.0. The molecule has 1 aromatic carbocycles. The van der Waals surface area contributed by atoms with Crippen molar-refractivity contribution in [3.8, 4) is 5.75 Å². The molecule has 0 radical (unpaired) electrons. The van der Waals surface area contributed by atoms with Gasteiger partial charge < -0.3 is 14.4 Å². The van der Waals surface area contributed by atoms with Gasteiger partial charge in [0.15, 0.2) is 10.7 Å². The van der Waals surface area contributed by atoms with E-state index in [-0.39, 0.29) is 29.7 Å². The van der Waals surface area contributed by atoms with Gasteiger partial charge in [-0.15, -0.1) is 22.9 Å². The number of aromatic nitrogens is 3. The van der Waals surface area contributed by atoms with Crippen LogP contribution in [-0.4, -0.2) is 62.0 Å². The second-order valence-electron chi connectivity index (χ2n) is 12.5. The third-order valence-electron chi connectivity index (χ3n) is 7.47. The highest BCUT2D eigenvalue weighted by Crippen LogP contribution is 2.56. The minimum atomic E-state index is -1.80. The zero-order valence-corrected chi connectivity index (χ0v) is 26.3. The number of likely N-dealkylation sites (tertiary alicyclic amines) is 1. The largest absolute Gasteiger partial charge is 0.496 e. The van der Waals surface area contributed by atoms with Gasteiger partial charge in [0.2, 0.25) is 0 Å². The second kappa shape index (κ2) is 10.9. The molecule has 0 spiro atoms. The molecule has 1 fully saturated rings. The van der Waals surface area contributed by atoms with Crippen LogP contribution in [0, 0.1) is 5.41 Å². The molecule has 0 N–H and O–H groups in total. The first-order chi connectivity index (χ1) is 19.1. The summed E-state index contributed by atoms with van der Waals surface area (Å²) in [6, 6.07) is 5.89. The number of hydrogen-bond acceptors (Lipinski definition) is 8. The molecular weight excluding hydrogens is 564 g/mol.